The molecule has 0 bridgehead atoms. The first kappa shape index (κ1) is 16.1. The Morgan fingerprint density at radius 3 is 2.60 bits per heavy atom. The predicted molar refractivity (Wildman–Crippen MR) is 104 cm³/mol. The van der Waals surface area contributed by atoms with Crippen LogP contribution < -0.4 is 4.80 Å². The van der Waals surface area contributed by atoms with E-state index in [2.05, 4.69) is 40.7 Å². The minimum Gasteiger partial charge on any atom is -0.317 e. The number of carbonyl (C=O) groups is 1. The van der Waals surface area contributed by atoms with Crippen molar-refractivity contribution in [3.05, 3.63) is 76.1 Å². The molecule has 0 unspecified atom stereocenters. The molecule has 0 N–H and O–H groups in total. The fourth-order valence-electron chi connectivity index (χ4n) is 2.93. The smallest absolute Gasteiger partial charge is 0.279 e. The molecule has 0 radical (unpaired) electrons. The van der Waals surface area contributed by atoms with Gasteiger partial charge in [-0.1, -0.05) is 53.3 Å². The summed E-state index contributed by atoms with van der Waals surface area (Å²) in [7, 11) is 0. The average molecular weight is 367 g/mol. The molecule has 0 fully saturated rings. The van der Waals surface area contributed by atoms with E-state index in [1.807, 2.05) is 12.1 Å². The van der Waals surface area contributed by atoms with Crippen molar-refractivity contribution in [2.24, 2.45) is 4.99 Å². The van der Waals surface area contributed by atoms with Crippen LogP contribution >= 0.6 is 22.9 Å². The van der Waals surface area contributed by atoms with Gasteiger partial charge >= 0.3 is 0 Å². The van der Waals surface area contributed by atoms with Gasteiger partial charge in [0, 0.05) is 22.5 Å². The van der Waals surface area contributed by atoms with Gasteiger partial charge in [-0.3, -0.25) is 4.79 Å². The van der Waals surface area contributed by atoms with Crippen molar-refractivity contribution in [3.8, 4) is 0 Å². The molecule has 0 saturated heterocycles. The third kappa shape index (κ3) is 2.88. The third-order valence-corrected chi connectivity index (χ3v) is 5.56. The lowest BCUT2D eigenvalue weighted by Crippen LogP contribution is -2.15. The molecule has 3 nitrogen and oxygen atoms in total. The summed E-state index contributed by atoms with van der Waals surface area (Å²) in [4.78, 5) is 17.6. The van der Waals surface area contributed by atoms with Crippen LogP contribution in [-0.4, -0.2) is 10.5 Å². The third-order valence-electron chi connectivity index (χ3n) is 4.18. The number of benzene rings is 3. The van der Waals surface area contributed by atoms with Crippen LogP contribution in [0.1, 0.15) is 17.3 Å². The number of halogens is 1. The molecular weight excluding hydrogens is 352 g/mol. The Bertz CT molecular complexity index is 1160. The molecule has 0 aliphatic heterocycles. The van der Waals surface area contributed by atoms with Gasteiger partial charge in [0.2, 0.25) is 0 Å². The summed E-state index contributed by atoms with van der Waals surface area (Å²) in [5.41, 5.74) is 1.64. The van der Waals surface area contributed by atoms with Crippen LogP contribution in [0.2, 0.25) is 5.02 Å². The zero-order chi connectivity index (χ0) is 17.4. The minimum absolute atomic E-state index is 0.255. The fraction of sp³-hybridized carbons (Fsp3) is 0.100. The second-order valence-corrected chi connectivity index (χ2v) is 7.10. The van der Waals surface area contributed by atoms with Crippen LogP contribution in [0, 0.1) is 0 Å². The summed E-state index contributed by atoms with van der Waals surface area (Å²) in [6, 6.07) is 19.3. The summed E-state index contributed by atoms with van der Waals surface area (Å²) >= 11 is 7.44. The van der Waals surface area contributed by atoms with Crippen molar-refractivity contribution in [2.45, 2.75) is 13.5 Å². The van der Waals surface area contributed by atoms with E-state index in [9.17, 15) is 4.79 Å². The standard InChI is InChI=1S/C20H15ClN2OS/c1-2-23-17-12-9-13-5-3-4-6-16(13)18(17)25-20(23)22-19(24)14-7-10-15(21)11-8-14/h3-12H,2H2,1H3. The number of nitrogens with zero attached hydrogens (tertiary/aromatic N) is 2. The molecule has 0 saturated carbocycles. The van der Waals surface area contributed by atoms with Gasteiger partial charge in [-0.25, -0.2) is 0 Å². The Morgan fingerprint density at radius 2 is 1.84 bits per heavy atom. The number of hydrogen-bond donors (Lipinski definition) is 0. The number of amides is 1. The van der Waals surface area contributed by atoms with E-state index in [1.54, 1.807) is 35.6 Å². The highest BCUT2D eigenvalue weighted by molar-refractivity contribution is 7.17. The van der Waals surface area contributed by atoms with Crippen LogP contribution in [0.3, 0.4) is 0 Å². The average Bonchev–Trinajstić information content (AvgIpc) is 2.99. The lowest BCUT2D eigenvalue weighted by molar-refractivity contribution is 0.0998. The normalized spacial score (nSPS) is 12.2. The van der Waals surface area contributed by atoms with Crippen molar-refractivity contribution >= 4 is 49.8 Å². The number of hydrogen-bond acceptors (Lipinski definition) is 2. The van der Waals surface area contributed by atoms with Crippen LogP contribution in [0.4, 0.5) is 0 Å². The molecule has 0 atom stereocenters. The predicted octanol–water partition coefficient (Wildman–Crippen LogP) is 5.27. The minimum atomic E-state index is -0.255. The van der Waals surface area contributed by atoms with Crippen molar-refractivity contribution in [2.75, 3.05) is 0 Å². The first-order chi connectivity index (χ1) is 12.2. The van der Waals surface area contributed by atoms with Crippen LogP contribution in [0.15, 0.2) is 65.7 Å². The Morgan fingerprint density at radius 1 is 1.08 bits per heavy atom. The van der Waals surface area contributed by atoms with Crippen molar-refractivity contribution in [1.29, 1.82) is 0 Å². The van der Waals surface area contributed by atoms with Gasteiger partial charge in [0.05, 0.1) is 10.2 Å². The summed E-state index contributed by atoms with van der Waals surface area (Å²) < 4.78 is 3.24. The van der Waals surface area contributed by atoms with E-state index < -0.39 is 0 Å². The topological polar surface area (TPSA) is 34.4 Å². The lowest BCUT2D eigenvalue weighted by Gasteiger charge is -2.02. The summed E-state index contributed by atoms with van der Waals surface area (Å²) in [6.45, 7) is 2.82. The van der Waals surface area contributed by atoms with Gasteiger partial charge in [-0.2, -0.15) is 4.99 Å². The summed E-state index contributed by atoms with van der Waals surface area (Å²) in [6.07, 6.45) is 0. The number of rotatable bonds is 2. The van der Waals surface area contributed by atoms with Crippen LogP contribution in [0.25, 0.3) is 21.0 Å². The van der Waals surface area contributed by atoms with E-state index in [1.165, 1.54) is 10.8 Å². The summed E-state index contributed by atoms with van der Waals surface area (Å²) in [5.74, 6) is -0.255. The number of aryl methyl sites for hydroxylation is 1. The number of carbonyl (C=O) groups excluding carboxylic acids is 1. The molecule has 1 aromatic heterocycles. The molecule has 0 spiro atoms. The van der Waals surface area contributed by atoms with Crippen molar-refractivity contribution in [1.82, 2.24) is 4.57 Å². The Labute approximate surface area is 153 Å². The highest BCUT2D eigenvalue weighted by Gasteiger charge is 2.10. The van der Waals surface area contributed by atoms with E-state index in [0.29, 0.717) is 15.4 Å². The number of fused-ring (bicyclic) bond motifs is 3. The second-order valence-electron chi connectivity index (χ2n) is 5.69. The van der Waals surface area contributed by atoms with E-state index in [0.717, 1.165) is 16.8 Å². The Hall–Kier alpha value is -2.43. The quantitative estimate of drug-likeness (QED) is 0.475. The second kappa shape index (κ2) is 6.47. The van der Waals surface area contributed by atoms with Gasteiger partial charge in [0.25, 0.3) is 5.91 Å². The molecule has 4 rings (SSSR count). The Kier molecular flexibility index (Phi) is 4.15. The monoisotopic (exact) mass is 366 g/mol. The first-order valence-electron chi connectivity index (χ1n) is 8.03. The molecule has 0 aliphatic rings. The lowest BCUT2D eigenvalue weighted by atomic mass is 10.1. The van der Waals surface area contributed by atoms with E-state index >= 15 is 0 Å². The molecule has 3 aromatic carbocycles. The van der Waals surface area contributed by atoms with Gasteiger partial charge in [0.1, 0.15) is 0 Å². The Balaban J connectivity index is 1.93. The van der Waals surface area contributed by atoms with Crippen molar-refractivity contribution in [3.63, 3.8) is 0 Å². The zero-order valence-electron chi connectivity index (χ0n) is 13.6. The SMILES string of the molecule is CCn1c(=NC(=O)c2ccc(Cl)cc2)sc2c3ccccc3ccc21. The fourth-order valence-corrected chi connectivity index (χ4v) is 4.29. The summed E-state index contributed by atoms with van der Waals surface area (Å²) in [5, 5.41) is 2.98. The van der Waals surface area contributed by atoms with Crippen LogP contribution in [-0.2, 0) is 6.54 Å². The highest BCUT2D eigenvalue weighted by atomic mass is 35.5. The first-order valence-corrected chi connectivity index (χ1v) is 9.22. The van der Waals surface area contributed by atoms with Crippen LogP contribution in [0.5, 0.6) is 0 Å². The molecule has 5 heteroatoms. The van der Waals surface area contributed by atoms with E-state index in [-0.39, 0.29) is 5.91 Å². The number of thiazole rings is 1. The molecular formula is C20H15ClN2OS. The molecule has 25 heavy (non-hydrogen) atoms. The van der Waals surface area contributed by atoms with Gasteiger partial charge < -0.3 is 4.57 Å². The molecule has 4 aromatic rings. The molecule has 1 heterocycles. The molecule has 124 valence electrons. The largest absolute Gasteiger partial charge is 0.317 e. The maximum Gasteiger partial charge on any atom is 0.279 e. The van der Waals surface area contributed by atoms with Gasteiger partial charge in [-0.05, 0) is 42.6 Å². The number of aromatic nitrogens is 1. The molecule has 0 aliphatic carbocycles. The van der Waals surface area contributed by atoms with E-state index in [4.69, 9.17) is 11.6 Å². The maximum absolute atomic E-state index is 12.5. The van der Waals surface area contributed by atoms with Gasteiger partial charge in [-0.15, -0.1) is 0 Å². The van der Waals surface area contributed by atoms with Crippen molar-refractivity contribution < 1.29 is 4.79 Å². The van der Waals surface area contributed by atoms with Gasteiger partial charge in [0.15, 0.2) is 4.80 Å². The highest BCUT2D eigenvalue weighted by Crippen LogP contribution is 2.27. The molecule has 1 amide bonds. The zero-order valence-corrected chi connectivity index (χ0v) is 15.1. The maximum atomic E-state index is 12.5.